The topological polar surface area (TPSA) is 50.1 Å². The molecule has 0 aliphatic rings. The second-order valence-corrected chi connectivity index (χ2v) is 5.72. The molecule has 0 saturated carbocycles. The molecule has 4 nitrogen and oxygen atoms in total. The maximum absolute atomic E-state index is 13.3. The number of aryl methyl sites for hydroxylation is 2. The van der Waals surface area contributed by atoms with Gasteiger partial charge in [0.25, 0.3) is 0 Å². The number of aromatic nitrogens is 2. The molecule has 1 aromatic carbocycles. The van der Waals surface area contributed by atoms with Crippen LogP contribution in [0.2, 0.25) is 0 Å². The van der Waals surface area contributed by atoms with Crippen molar-refractivity contribution in [2.45, 2.75) is 31.7 Å². The van der Waals surface area contributed by atoms with Crippen LogP contribution >= 0.6 is 0 Å². The first-order valence-electron chi connectivity index (χ1n) is 7.38. The maximum atomic E-state index is 13.3. The first kappa shape index (κ1) is 18.4. The number of hydrogen-bond acceptors (Lipinski definition) is 3. The highest BCUT2D eigenvalue weighted by atomic mass is 19.4. The number of halogens is 4. The SMILES string of the molecule is Cc1cc(F)ccc1CNCCC(O)(c1nccn1C)C(F)(F)F. The molecule has 2 rings (SSSR count). The number of nitrogens with zero attached hydrogens (tertiary/aromatic N) is 2. The van der Waals surface area contributed by atoms with Gasteiger partial charge in [0, 0.05) is 32.4 Å². The Hall–Kier alpha value is -1.93. The Kier molecular flexibility index (Phi) is 5.29. The number of rotatable bonds is 6. The molecule has 8 heteroatoms. The van der Waals surface area contributed by atoms with Crippen molar-refractivity contribution in [1.29, 1.82) is 0 Å². The van der Waals surface area contributed by atoms with Gasteiger partial charge in [-0.15, -0.1) is 0 Å². The summed E-state index contributed by atoms with van der Waals surface area (Å²) < 4.78 is 54.2. The Morgan fingerprint density at radius 1 is 1.29 bits per heavy atom. The molecule has 1 aromatic heterocycles. The first-order valence-corrected chi connectivity index (χ1v) is 7.38. The average Bonchev–Trinajstić information content (AvgIpc) is 2.90. The van der Waals surface area contributed by atoms with Crippen LogP contribution in [0.3, 0.4) is 0 Å². The minimum absolute atomic E-state index is 0.0836. The van der Waals surface area contributed by atoms with Gasteiger partial charge >= 0.3 is 6.18 Å². The van der Waals surface area contributed by atoms with Gasteiger partial charge in [-0.3, -0.25) is 0 Å². The van der Waals surface area contributed by atoms with Crippen molar-refractivity contribution in [3.8, 4) is 0 Å². The lowest BCUT2D eigenvalue weighted by atomic mass is 9.97. The van der Waals surface area contributed by atoms with Crippen LogP contribution in [0.5, 0.6) is 0 Å². The lowest BCUT2D eigenvalue weighted by molar-refractivity contribution is -0.272. The largest absolute Gasteiger partial charge is 0.424 e. The number of hydrogen-bond donors (Lipinski definition) is 2. The van der Waals surface area contributed by atoms with Crippen molar-refractivity contribution in [2.24, 2.45) is 7.05 Å². The molecule has 0 fully saturated rings. The average molecular weight is 345 g/mol. The van der Waals surface area contributed by atoms with Gasteiger partial charge in [-0.1, -0.05) is 6.07 Å². The van der Waals surface area contributed by atoms with E-state index >= 15 is 0 Å². The summed E-state index contributed by atoms with van der Waals surface area (Å²) in [5.74, 6) is -0.813. The highest BCUT2D eigenvalue weighted by Crippen LogP contribution is 2.40. The van der Waals surface area contributed by atoms with E-state index in [1.54, 1.807) is 13.0 Å². The van der Waals surface area contributed by atoms with E-state index in [0.29, 0.717) is 5.56 Å². The Labute approximate surface area is 137 Å². The third kappa shape index (κ3) is 3.76. The fourth-order valence-corrected chi connectivity index (χ4v) is 2.49. The van der Waals surface area contributed by atoms with E-state index in [1.807, 2.05) is 0 Å². The Balaban J connectivity index is 2.03. The second kappa shape index (κ2) is 6.90. The van der Waals surface area contributed by atoms with Gasteiger partial charge in [0.05, 0.1) is 0 Å². The number of nitrogens with one attached hydrogen (secondary N) is 1. The predicted molar refractivity (Wildman–Crippen MR) is 80.6 cm³/mol. The van der Waals surface area contributed by atoms with Gasteiger partial charge in [-0.25, -0.2) is 9.37 Å². The van der Waals surface area contributed by atoms with Crippen molar-refractivity contribution in [3.05, 3.63) is 53.4 Å². The van der Waals surface area contributed by atoms with Gasteiger partial charge in [-0.2, -0.15) is 13.2 Å². The molecule has 0 saturated heterocycles. The van der Waals surface area contributed by atoms with Crippen LogP contribution in [0.4, 0.5) is 17.6 Å². The molecule has 2 aromatic rings. The molecule has 0 radical (unpaired) electrons. The molecular formula is C16H19F4N3O. The van der Waals surface area contributed by atoms with E-state index in [0.717, 1.165) is 10.1 Å². The van der Waals surface area contributed by atoms with Crippen LogP contribution < -0.4 is 5.32 Å². The number of benzene rings is 1. The van der Waals surface area contributed by atoms with Gasteiger partial charge in [-0.05, 0) is 36.7 Å². The monoisotopic (exact) mass is 345 g/mol. The zero-order valence-electron chi connectivity index (χ0n) is 13.4. The Morgan fingerprint density at radius 2 is 2.00 bits per heavy atom. The van der Waals surface area contributed by atoms with Crippen LogP contribution in [-0.2, 0) is 19.2 Å². The molecular weight excluding hydrogens is 326 g/mol. The molecule has 2 N–H and O–H groups in total. The maximum Gasteiger partial charge on any atom is 0.424 e. The van der Waals surface area contributed by atoms with Crippen molar-refractivity contribution < 1.29 is 22.7 Å². The van der Waals surface area contributed by atoms with E-state index in [2.05, 4.69) is 10.3 Å². The molecule has 0 spiro atoms. The standard InChI is InChI=1S/C16H19F4N3O/c1-11-9-13(17)4-3-12(11)10-21-6-5-15(24,16(18,19)20)14-22-7-8-23(14)2/h3-4,7-9,21,24H,5-6,10H2,1-2H3. The minimum Gasteiger partial charge on any atom is -0.374 e. The molecule has 0 aliphatic heterocycles. The molecule has 1 unspecified atom stereocenters. The number of aliphatic hydroxyl groups is 1. The highest BCUT2D eigenvalue weighted by Gasteiger charge is 2.56. The lowest BCUT2D eigenvalue weighted by Crippen LogP contribution is -2.46. The second-order valence-electron chi connectivity index (χ2n) is 5.72. The van der Waals surface area contributed by atoms with Crippen LogP contribution in [0.25, 0.3) is 0 Å². The van der Waals surface area contributed by atoms with E-state index in [4.69, 9.17) is 0 Å². The van der Waals surface area contributed by atoms with E-state index in [9.17, 15) is 22.7 Å². The molecule has 1 heterocycles. The normalized spacial score (nSPS) is 14.6. The van der Waals surface area contributed by atoms with Crippen molar-refractivity contribution >= 4 is 0 Å². The summed E-state index contributed by atoms with van der Waals surface area (Å²) in [6, 6.07) is 4.23. The van der Waals surface area contributed by atoms with Crippen LogP contribution in [0.15, 0.2) is 30.6 Å². The highest BCUT2D eigenvalue weighted by molar-refractivity contribution is 5.26. The summed E-state index contributed by atoms with van der Waals surface area (Å²) in [6.07, 6.45) is -2.87. The molecule has 0 amide bonds. The summed E-state index contributed by atoms with van der Waals surface area (Å²) in [6.45, 7) is 1.92. The van der Waals surface area contributed by atoms with E-state index < -0.39 is 24.0 Å². The molecule has 1 atom stereocenters. The predicted octanol–water partition coefficient (Wildman–Crippen LogP) is 2.80. The van der Waals surface area contributed by atoms with E-state index in [1.165, 1.54) is 31.6 Å². The Morgan fingerprint density at radius 3 is 2.54 bits per heavy atom. The summed E-state index contributed by atoms with van der Waals surface area (Å²) in [5.41, 5.74) is -1.54. The number of imidazole rings is 1. The minimum atomic E-state index is -4.85. The summed E-state index contributed by atoms with van der Waals surface area (Å²) >= 11 is 0. The molecule has 0 bridgehead atoms. The van der Waals surface area contributed by atoms with Gasteiger partial charge in [0.15, 0.2) is 0 Å². The van der Waals surface area contributed by atoms with Gasteiger partial charge in [0.1, 0.15) is 11.6 Å². The quantitative estimate of drug-likeness (QED) is 0.625. The summed E-state index contributed by atoms with van der Waals surface area (Å²) in [5, 5.41) is 13.0. The smallest absolute Gasteiger partial charge is 0.374 e. The van der Waals surface area contributed by atoms with Crippen LogP contribution in [-0.4, -0.2) is 27.4 Å². The lowest BCUT2D eigenvalue weighted by Gasteiger charge is -2.30. The zero-order valence-corrected chi connectivity index (χ0v) is 13.4. The first-order chi connectivity index (χ1) is 11.1. The third-order valence-electron chi connectivity index (χ3n) is 3.94. The zero-order chi connectivity index (χ0) is 18.0. The van der Waals surface area contributed by atoms with Crippen LogP contribution in [0, 0.1) is 12.7 Å². The molecule has 132 valence electrons. The van der Waals surface area contributed by atoms with Crippen molar-refractivity contribution in [1.82, 2.24) is 14.9 Å². The summed E-state index contributed by atoms with van der Waals surface area (Å²) in [4.78, 5) is 3.64. The fourth-order valence-electron chi connectivity index (χ4n) is 2.49. The Bertz CT molecular complexity index is 699. The number of alkyl halides is 3. The van der Waals surface area contributed by atoms with Crippen LogP contribution in [0.1, 0.15) is 23.4 Å². The summed E-state index contributed by atoms with van der Waals surface area (Å²) in [7, 11) is 1.40. The fraction of sp³-hybridized carbons (Fsp3) is 0.438. The van der Waals surface area contributed by atoms with Gasteiger partial charge in [0.2, 0.25) is 5.60 Å². The van der Waals surface area contributed by atoms with Crippen molar-refractivity contribution in [2.75, 3.05) is 6.54 Å². The van der Waals surface area contributed by atoms with Crippen molar-refractivity contribution in [3.63, 3.8) is 0 Å². The molecule has 24 heavy (non-hydrogen) atoms. The third-order valence-corrected chi connectivity index (χ3v) is 3.94. The molecule has 0 aliphatic carbocycles. The van der Waals surface area contributed by atoms with Gasteiger partial charge < -0.3 is 15.0 Å². The van der Waals surface area contributed by atoms with E-state index in [-0.39, 0.29) is 18.9 Å².